The first-order valence-electron chi connectivity index (χ1n) is 5.52. The number of aliphatic hydroxyl groups is 1. The van der Waals surface area contributed by atoms with Crippen molar-refractivity contribution >= 4 is 0 Å². The molecule has 0 aliphatic heterocycles. The summed E-state index contributed by atoms with van der Waals surface area (Å²) in [5, 5.41) is 9.42. The summed E-state index contributed by atoms with van der Waals surface area (Å²) in [4.78, 5) is 0. The van der Waals surface area contributed by atoms with E-state index in [1.165, 1.54) is 19.3 Å². The quantitative estimate of drug-likeness (QED) is 0.735. The first-order valence-corrected chi connectivity index (χ1v) is 5.52. The molecule has 0 bridgehead atoms. The summed E-state index contributed by atoms with van der Waals surface area (Å²) < 4.78 is 10.5. The van der Waals surface area contributed by atoms with Crippen molar-refractivity contribution in [3.8, 4) is 0 Å². The first kappa shape index (κ1) is 12.0. The van der Waals surface area contributed by atoms with Crippen LogP contribution in [-0.4, -0.2) is 37.6 Å². The third kappa shape index (κ3) is 3.95. The van der Waals surface area contributed by atoms with Crippen LogP contribution in [0.15, 0.2) is 0 Å². The fourth-order valence-corrected chi connectivity index (χ4v) is 2.01. The van der Waals surface area contributed by atoms with E-state index in [0.29, 0.717) is 25.2 Å². The van der Waals surface area contributed by atoms with Crippen LogP contribution in [0.1, 0.15) is 32.6 Å². The largest absolute Gasteiger partial charge is 0.388 e. The molecule has 0 radical (unpaired) electrons. The van der Waals surface area contributed by atoms with Gasteiger partial charge in [0.2, 0.25) is 0 Å². The molecule has 84 valence electrons. The van der Waals surface area contributed by atoms with Crippen molar-refractivity contribution in [3.05, 3.63) is 0 Å². The Bertz CT molecular complexity index is 149. The number of hydrogen-bond donors (Lipinski definition) is 1. The molecule has 3 atom stereocenters. The fraction of sp³-hybridized carbons (Fsp3) is 1.00. The zero-order valence-corrected chi connectivity index (χ0v) is 9.24. The van der Waals surface area contributed by atoms with Crippen molar-refractivity contribution in [2.24, 2.45) is 5.92 Å². The molecule has 0 aromatic rings. The number of methoxy groups -OCH3 is 1. The minimum atomic E-state index is -0.478. The SMILES string of the molecule is COCC(O)COC1CCCCC1C. The molecule has 3 unspecified atom stereocenters. The normalized spacial score (nSPS) is 30.2. The Morgan fingerprint density at radius 2 is 2.00 bits per heavy atom. The second kappa shape index (κ2) is 6.38. The lowest BCUT2D eigenvalue weighted by molar-refractivity contribution is -0.0627. The van der Waals surface area contributed by atoms with Gasteiger partial charge in [-0.2, -0.15) is 0 Å². The van der Waals surface area contributed by atoms with E-state index in [2.05, 4.69) is 6.92 Å². The van der Waals surface area contributed by atoms with Crippen LogP contribution in [0.4, 0.5) is 0 Å². The predicted molar refractivity (Wildman–Crippen MR) is 55.3 cm³/mol. The molecule has 1 fully saturated rings. The topological polar surface area (TPSA) is 38.7 Å². The number of rotatable bonds is 5. The average Bonchev–Trinajstić information content (AvgIpc) is 2.17. The van der Waals surface area contributed by atoms with Crippen molar-refractivity contribution in [1.29, 1.82) is 0 Å². The monoisotopic (exact) mass is 202 g/mol. The van der Waals surface area contributed by atoms with E-state index in [9.17, 15) is 5.11 Å². The highest BCUT2D eigenvalue weighted by atomic mass is 16.5. The Labute approximate surface area is 86.4 Å². The van der Waals surface area contributed by atoms with Gasteiger partial charge in [-0.3, -0.25) is 0 Å². The minimum absolute atomic E-state index is 0.343. The van der Waals surface area contributed by atoms with Gasteiger partial charge in [-0.15, -0.1) is 0 Å². The summed E-state index contributed by atoms with van der Waals surface area (Å²) in [6.07, 6.45) is 4.84. The summed E-state index contributed by atoms with van der Waals surface area (Å²) in [5.74, 6) is 0.637. The maximum Gasteiger partial charge on any atom is 0.101 e. The standard InChI is InChI=1S/C11H22O3/c1-9-5-3-4-6-11(9)14-8-10(12)7-13-2/h9-12H,3-8H2,1-2H3. The molecule has 1 saturated carbocycles. The van der Waals surface area contributed by atoms with E-state index >= 15 is 0 Å². The maximum atomic E-state index is 9.42. The van der Waals surface area contributed by atoms with E-state index in [-0.39, 0.29) is 0 Å². The van der Waals surface area contributed by atoms with Gasteiger partial charge in [0.25, 0.3) is 0 Å². The highest BCUT2D eigenvalue weighted by Crippen LogP contribution is 2.26. The Morgan fingerprint density at radius 3 is 2.64 bits per heavy atom. The van der Waals surface area contributed by atoms with Gasteiger partial charge < -0.3 is 14.6 Å². The van der Waals surface area contributed by atoms with E-state index in [0.717, 1.165) is 6.42 Å². The van der Waals surface area contributed by atoms with Crippen molar-refractivity contribution in [2.75, 3.05) is 20.3 Å². The van der Waals surface area contributed by atoms with Gasteiger partial charge in [0.1, 0.15) is 6.10 Å². The van der Waals surface area contributed by atoms with Crippen molar-refractivity contribution in [2.45, 2.75) is 44.8 Å². The smallest absolute Gasteiger partial charge is 0.101 e. The summed E-state index contributed by atoms with van der Waals surface area (Å²) >= 11 is 0. The zero-order chi connectivity index (χ0) is 10.4. The molecule has 1 aliphatic rings. The van der Waals surface area contributed by atoms with Gasteiger partial charge >= 0.3 is 0 Å². The van der Waals surface area contributed by atoms with Gasteiger partial charge in [0.15, 0.2) is 0 Å². The van der Waals surface area contributed by atoms with Crippen LogP contribution in [0.3, 0.4) is 0 Å². The molecular formula is C11H22O3. The molecule has 3 nitrogen and oxygen atoms in total. The van der Waals surface area contributed by atoms with Crippen LogP contribution >= 0.6 is 0 Å². The number of aliphatic hydroxyl groups excluding tert-OH is 1. The Hall–Kier alpha value is -0.120. The molecule has 0 amide bonds. The van der Waals surface area contributed by atoms with Crippen LogP contribution in [0.5, 0.6) is 0 Å². The summed E-state index contributed by atoms with van der Waals surface area (Å²) in [5.41, 5.74) is 0. The zero-order valence-electron chi connectivity index (χ0n) is 9.24. The third-order valence-corrected chi connectivity index (χ3v) is 2.89. The second-order valence-electron chi connectivity index (χ2n) is 4.24. The molecule has 0 aromatic carbocycles. The predicted octanol–water partition coefficient (Wildman–Crippen LogP) is 1.59. The first-order chi connectivity index (χ1) is 6.74. The Balaban J connectivity index is 2.15. The van der Waals surface area contributed by atoms with Crippen LogP contribution in [0.25, 0.3) is 0 Å². The van der Waals surface area contributed by atoms with E-state index < -0.39 is 6.10 Å². The minimum Gasteiger partial charge on any atom is -0.388 e. The molecule has 0 spiro atoms. The lowest BCUT2D eigenvalue weighted by Gasteiger charge is -2.29. The van der Waals surface area contributed by atoms with Gasteiger partial charge in [-0.25, -0.2) is 0 Å². The van der Waals surface area contributed by atoms with E-state index in [1.807, 2.05) is 0 Å². The lowest BCUT2D eigenvalue weighted by Crippen LogP contribution is -2.30. The highest BCUT2D eigenvalue weighted by Gasteiger charge is 2.22. The molecule has 14 heavy (non-hydrogen) atoms. The molecule has 0 aromatic heterocycles. The molecule has 1 aliphatic carbocycles. The molecule has 1 N–H and O–H groups in total. The fourth-order valence-electron chi connectivity index (χ4n) is 2.01. The van der Waals surface area contributed by atoms with Gasteiger partial charge in [-0.05, 0) is 18.8 Å². The van der Waals surface area contributed by atoms with Crippen LogP contribution in [0.2, 0.25) is 0 Å². The highest BCUT2D eigenvalue weighted by molar-refractivity contribution is 4.72. The average molecular weight is 202 g/mol. The van der Waals surface area contributed by atoms with Crippen molar-refractivity contribution < 1.29 is 14.6 Å². The number of hydrogen-bond acceptors (Lipinski definition) is 3. The molecular weight excluding hydrogens is 180 g/mol. The van der Waals surface area contributed by atoms with E-state index in [1.54, 1.807) is 7.11 Å². The maximum absolute atomic E-state index is 9.42. The molecule has 0 saturated heterocycles. The third-order valence-electron chi connectivity index (χ3n) is 2.89. The van der Waals surface area contributed by atoms with Gasteiger partial charge in [0.05, 0.1) is 19.3 Å². The second-order valence-corrected chi connectivity index (χ2v) is 4.24. The van der Waals surface area contributed by atoms with Crippen molar-refractivity contribution in [3.63, 3.8) is 0 Å². The van der Waals surface area contributed by atoms with Gasteiger partial charge in [-0.1, -0.05) is 19.8 Å². The Morgan fingerprint density at radius 1 is 1.29 bits per heavy atom. The summed E-state index contributed by atoms with van der Waals surface area (Å²) in [7, 11) is 1.59. The lowest BCUT2D eigenvalue weighted by atomic mass is 9.88. The number of ether oxygens (including phenoxy) is 2. The summed E-state index contributed by atoms with van der Waals surface area (Å²) in [6.45, 7) is 3.00. The van der Waals surface area contributed by atoms with Crippen LogP contribution < -0.4 is 0 Å². The molecule has 1 rings (SSSR count). The van der Waals surface area contributed by atoms with Crippen molar-refractivity contribution in [1.82, 2.24) is 0 Å². The molecule has 0 heterocycles. The van der Waals surface area contributed by atoms with Crippen LogP contribution in [-0.2, 0) is 9.47 Å². The Kier molecular flexibility index (Phi) is 5.45. The summed E-state index contributed by atoms with van der Waals surface area (Å²) in [6, 6.07) is 0. The van der Waals surface area contributed by atoms with Crippen LogP contribution in [0, 0.1) is 5.92 Å². The molecule has 3 heteroatoms. The van der Waals surface area contributed by atoms with E-state index in [4.69, 9.17) is 9.47 Å². The van der Waals surface area contributed by atoms with Gasteiger partial charge in [0, 0.05) is 7.11 Å².